The number of nitrogens with zero attached hydrogens (tertiary/aromatic N) is 1. The molecule has 0 heterocycles. The number of amides is 3. The Morgan fingerprint density at radius 1 is 1.09 bits per heavy atom. The minimum absolute atomic E-state index is 0.116. The van der Waals surface area contributed by atoms with Crippen molar-refractivity contribution in [3.63, 3.8) is 0 Å². The van der Waals surface area contributed by atoms with Crippen molar-refractivity contribution in [1.82, 2.24) is 15.5 Å². The predicted molar refractivity (Wildman–Crippen MR) is 125 cm³/mol. The van der Waals surface area contributed by atoms with Crippen LogP contribution in [-0.4, -0.2) is 70.5 Å². The van der Waals surface area contributed by atoms with Crippen LogP contribution in [0.3, 0.4) is 0 Å². The third-order valence-corrected chi connectivity index (χ3v) is 4.86. The van der Waals surface area contributed by atoms with Crippen molar-refractivity contribution < 1.29 is 29.3 Å². The van der Waals surface area contributed by atoms with E-state index in [1.807, 2.05) is 32.9 Å². The second kappa shape index (κ2) is 13.2. The van der Waals surface area contributed by atoms with E-state index in [0.29, 0.717) is 5.56 Å². The summed E-state index contributed by atoms with van der Waals surface area (Å²) in [4.78, 5) is 40.0. The van der Waals surface area contributed by atoms with Gasteiger partial charge in [-0.3, -0.25) is 9.59 Å². The number of nitrogens with one attached hydrogen (secondary N) is 2. The molecule has 186 valence electrons. The monoisotopic (exact) mass is 465 g/mol. The number of ether oxygens (including phenoxy) is 1. The lowest BCUT2D eigenvalue weighted by molar-refractivity contribution is -0.144. The average Bonchev–Trinajstić information content (AvgIpc) is 2.71. The summed E-state index contributed by atoms with van der Waals surface area (Å²) < 4.78 is 5.18. The number of alkyl carbamates (subject to hydrolysis) is 1. The SMILES string of the molecule is CCCC(C)NC(=O)C(c1ccc(C)cc1)N(CCO)C(=O)C(CO)NC(=O)OC(C)(C)C. The molecule has 3 unspecified atom stereocenters. The van der Waals surface area contributed by atoms with Crippen molar-refractivity contribution in [3.05, 3.63) is 35.4 Å². The van der Waals surface area contributed by atoms with Gasteiger partial charge in [0, 0.05) is 12.6 Å². The van der Waals surface area contributed by atoms with Gasteiger partial charge in [-0.2, -0.15) is 0 Å². The lowest BCUT2D eigenvalue weighted by Gasteiger charge is -2.34. The van der Waals surface area contributed by atoms with Crippen molar-refractivity contribution in [1.29, 1.82) is 0 Å². The van der Waals surface area contributed by atoms with Crippen LogP contribution >= 0.6 is 0 Å². The Morgan fingerprint density at radius 2 is 1.70 bits per heavy atom. The van der Waals surface area contributed by atoms with E-state index in [0.717, 1.165) is 18.4 Å². The number of carbonyl (C=O) groups excluding carboxylic acids is 3. The molecule has 33 heavy (non-hydrogen) atoms. The molecule has 4 N–H and O–H groups in total. The minimum atomic E-state index is -1.35. The lowest BCUT2D eigenvalue weighted by Crippen LogP contribution is -2.55. The summed E-state index contributed by atoms with van der Waals surface area (Å²) in [6.07, 6.45) is 0.772. The summed E-state index contributed by atoms with van der Waals surface area (Å²) in [6.45, 7) is 9.55. The number of hydrogen-bond donors (Lipinski definition) is 4. The Hall–Kier alpha value is -2.65. The predicted octanol–water partition coefficient (Wildman–Crippen LogP) is 2.05. The highest BCUT2D eigenvalue weighted by Crippen LogP contribution is 2.23. The molecule has 3 atom stereocenters. The fourth-order valence-corrected chi connectivity index (χ4v) is 3.36. The van der Waals surface area contributed by atoms with Crippen molar-refractivity contribution in [2.24, 2.45) is 0 Å². The maximum Gasteiger partial charge on any atom is 0.408 e. The van der Waals surface area contributed by atoms with Crippen LogP contribution in [0.2, 0.25) is 0 Å². The van der Waals surface area contributed by atoms with E-state index in [4.69, 9.17) is 4.74 Å². The van der Waals surface area contributed by atoms with Crippen LogP contribution < -0.4 is 10.6 Å². The summed E-state index contributed by atoms with van der Waals surface area (Å²) in [7, 11) is 0. The number of rotatable bonds is 11. The zero-order valence-corrected chi connectivity index (χ0v) is 20.6. The highest BCUT2D eigenvalue weighted by atomic mass is 16.6. The molecule has 0 bridgehead atoms. The molecule has 0 aliphatic heterocycles. The lowest BCUT2D eigenvalue weighted by atomic mass is 10.0. The van der Waals surface area contributed by atoms with Crippen LogP contribution in [0.15, 0.2) is 24.3 Å². The average molecular weight is 466 g/mol. The van der Waals surface area contributed by atoms with Crippen molar-refractivity contribution >= 4 is 17.9 Å². The molecule has 0 spiro atoms. The largest absolute Gasteiger partial charge is 0.444 e. The van der Waals surface area contributed by atoms with Crippen LogP contribution in [0.1, 0.15) is 64.6 Å². The second-order valence-corrected chi connectivity index (χ2v) is 9.15. The number of aliphatic hydroxyl groups excluding tert-OH is 2. The van der Waals surface area contributed by atoms with E-state index >= 15 is 0 Å². The third kappa shape index (κ3) is 9.39. The molecule has 0 fully saturated rings. The van der Waals surface area contributed by atoms with Crippen LogP contribution in [0.4, 0.5) is 4.79 Å². The first-order valence-corrected chi connectivity index (χ1v) is 11.3. The van der Waals surface area contributed by atoms with Gasteiger partial charge in [-0.05, 0) is 46.6 Å². The first-order valence-electron chi connectivity index (χ1n) is 11.3. The molecule has 9 heteroatoms. The fraction of sp³-hybridized carbons (Fsp3) is 0.625. The standard InChI is InChI=1S/C24H39N3O6/c1-7-8-17(3)25-21(30)20(18-11-9-16(2)10-12-18)27(13-14-28)22(31)19(15-29)26-23(32)33-24(4,5)6/h9-12,17,19-20,28-29H,7-8,13-15H2,1-6H3,(H,25,30)(H,26,32). The maximum absolute atomic E-state index is 13.4. The Kier molecular flexibility index (Phi) is 11.3. The molecule has 0 saturated heterocycles. The number of hydrogen-bond acceptors (Lipinski definition) is 6. The zero-order valence-electron chi connectivity index (χ0n) is 20.6. The van der Waals surface area contributed by atoms with E-state index in [-0.39, 0.29) is 12.6 Å². The summed E-state index contributed by atoms with van der Waals surface area (Å²) >= 11 is 0. The fourth-order valence-electron chi connectivity index (χ4n) is 3.36. The minimum Gasteiger partial charge on any atom is -0.444 e. The van der Waals surface area contributed by atoms with Gasteiger partial charge >= 0.3 is 6.09 Å². The normalized spacial score (nSPS) is 14.1. The summed E-state index contributed by atoms with van der Waals surface area (Å²) in [5.41, 5.74) is 0.743. The van der Waals surface area contributed by atoms with E-state index in [9.17, 15) is 24.6 Å². The molecule has 1 aromatic carbocycles. The van der Waals surface area contributed by atoms with Gasteiger partial charge in [-0.1, -0.05) is 43.2 Å². The van der Waals surface area contributed by atoms with Gasteiger partial charge in [0.1, 0.15) is 17.7 Å². The van der Waals surface area contributed by atoms with Gasteiger partial charge in [0.05, 0.1) is 13.2 Å². The maximum atomic E-state index is 13.4. The van der Waals surface area contributed by atoms with Gasteiger partial charge in [0.25, 0.3) is 0 Å². The highest BCUT2D eigenvalue weighted by Gasteiger charge is 2.36. The van der Waals surface area contributed by atoms with Crippen LogP contribution in [-0.2, 0) is 14.3 Å². The number of aryl methyl sites for hydroxylation is 1. The molecule has 0 radical (unpaired) electrons. The van der Waals surface area contributed by atoms with E-state index in [2.05, 4.69) is 10.6 Å². The molecule has 0 aromatic heterocycles. The molecule has 1 rings (SSSR count). The Labute approximate surface area is 196 Å². The van der Waals surface area contributed by atoms with Crippen molar-refractivity contribution in [3.8, 4) is 0 Å². The topological polar surface area (TPSA) is 128 Å². The number of aliphatic hydroxyl groups is 2. The van der Waals surface area contributed by atoms with Crippen molar-refractivity contribution in [2.75, 3.05) is 19.8 Å². The highest BCUT2D eigenvalue weighted by molar-refractivity contribution is 5.92. The van der Waals surface area contributed by atoms with Crippen LogP contribution in [0.25, 0.3) is 0 Å². The van der Waals surface area contributed by atoms with Gasteiger partial charge in [0.2, 0.25) is 11.8 Å². The second-order valence-electron chi connectivity index (χ2n) is 9.15. The van der Waals surface area contributed by atoms with Gasteiger partial charge in [0.15, 0.2) is 0 Å². The molecule has 1 aromatic rings. The molecular weight excluding hydrogens is 426 g/mol. The third-order valence-electron chi connectivity index (χ3n) is 4.86. The molecule has 9 nitrogen and oxygen atoms in total. The van der Waals surface area contributed by atoms with Gasteiger partial charge in [-0.15, -0.1) is 0 Å². The Morgan fingerprint density at radius 3 is 2.18 bits per heavy atom. The van der Waals surface area contributed by atoms with E-state index in [1.54, 1.807) is 32.9 Å². The first-order chi connectivity index (χ1) is 15.4. The van der Waals surface area contributed by atoms with Crippen LogP contribution in [0.5, 0.6) is 0 Å². The quantitative estimate of drug-likeness (QED) is 0.396. The molecule has 0 saturated carbocycles. The van der Waals surface area contributed by atoms with Gasteiger partial charge in [-0.25, -0.2) is 4.79 Å². The number of carbonyl (C=O) groups is 3. The molecule has 0 aliphatic rings. The summed E-state index contributed by atoms with van der Waals surface area (Å²) in [5, 5.41) is 24.8. The Bertz CT molecular complexity index is 775. The van der Waals surface area contributed by atoms with Gasteiger partial charge < -0.3 is 30.5 Å². The van der Waals surface area contributed by atoms with Crippen LogP contribution in [0, 0.1) is 6.92 Å². The smallest absolute Gasteiger partial charge is 0.408 e. The zero-order chi connectivity index (χ0) is 25.2. The first kappa shape index (κ1) is 28.4. The summed E-state index contributed by atoms with van der Waals surface area (Å²) in [5.74, 6) is -1.11. The molecule has 0 aliphatic carbocycles. The molecular formula is C24H39N3O6. The summed E-state index contributed by atoms with van der Waals surface area (Å²) in [6, 6.07) is 4.63. The van der Waals surface area contributed by atoms with Crippen molar-refractivity contribution in [2.45, 2.75) is 78.1 Å². The van der Waals surface area contributed by atoms with E-state index in [1.165, 1.54) is 4.90 Å². The number of benzene rings is 1. The Balaban J connectivity index is 3.29. The van der Waals surface area contributed by atoms with E-state index < -0.39 is 48.8 Å². The molecule has 3 amide bonds.